The summed E-state index contributed by atoms with van der Waals surface area (Å²) in [7, 11) is 0. The summed E-state index contributed by atoms with van der Waals surface area (Å²) in [5.74, 6) is 1.67. The third-order valence-electron chi connectivity index (χ3n) is 5.18. The van der Waals surface area contributed by atoms with E-state index in [-0.39, 0.29) is 0 Å². The van der Waals surface area contributed by atoms with Crippen molar-refractivity contribution < 1.29 is 0 Å². The second-order valence-electron chi connectivity index (χ2n) is 7.84. The summed E-state index contributed by atoms with van der Waals surface area (Å²) in [6.45, 7) is 7.07. The highest BCUT2D eigenvalue weighted by Gasteiger charge is 2.31. The smallest absolute Gasteiger partial charge is 0.142 e. The van der Waals surface area contributed by atoms with Crippen molar-refractivity contribution in [3.05, 3.63) is 45.5 Å². The molecule has 1 aromatic carbocycles. The minimum absolute atomic E-state index is 0.359. The second-order valence-corrected chi connectivity index (χ2v) is 9.84. The SMILES string of the molecule is CC(C)(C)C1CCc2c(sc3ncnc(Nc4ccc(Br)cc4)c23)C1. The summed E-state index contributed by atoms with van der Waals surface area (Å²) in [6, 6.07) is 8.20. The maximum Gasteiger partial charge on any atom is 0.142 e. The number of nitrogens with one attached hydrogen (secondary N) is 1. The third-order valence-corrected chi connectivity index (χ3v) is 6.87. The fourth-order valence-corrected chi connectivity index (χ4v) is 5.15. The molecule has 0 amide bonds. The molecule has 130 valence electrons. The van der Waals surface area contributed by atoms with Crippen molar-refractivity contribution in [3.63, 3.8) is 0 Å². The first-order valence-electron chi connectivity index (χ1n) is 8.69. The molecule has 1 N–H and O–H groups in total. The van der Waals surface area contributed by atoms with Crippen LogP contribution in [0.4, 0.5) is 11.5 Å². The number of benzene rings is 1. The topological polar surface area (TPSA) is 37.8 Å². The molecule has 4 rings (SSSR count). The van der Waals surface area contributed by atoms with Crippen molar-refractivity contribution in [2.45, 2.75) is 40.0 Å². The monoisotopic (exact) mass is 415 g/mol. The Bertz CT molecular complexity index is 909. The average Bonchev–Trinajstić information content (AvgIpc) is 2.95. The molecule has 2 aromatic heterocycles. The molecule has 25 heavy (non-hydrogen) atoms. The van der Waals surface area contributed by atoms with Crippen LogP contribution in [0, 0.1) is 11.3 Å². The highest BCUT2D eigenvalue weighted by atomic mass is 79.9. The molecule has 0 saturated heterocycles. The van der Waals surface area contributed by atoms with Gasteiger partial charge in [0, 0.05) is 15.0 Å². The van der Waals surface area contributed by atoms with Crippen LogP contribution in [0.1, 0.15) is 37.6 Å². The third kappa shape index (κ3) is 3.32. The Hall–Kier alpha value is -1.46. The van der Waals surface area contributed by atoms with Gasteiger partial charge >= 0.3 is 0 Å². The van der Waals surface area contributed by atoms with E-state index < -0.39 is 0 Å². The van der Waals surface area contributed by atoms with Crippen molar-refractivity contribution in [1.29, 1.82) is 0 Å². The number of halogens is 1. The number of thiophene rings is 1. The quantitative estimate of drug-likeness (QED) is 0.529. The van der Waals surface area contributed by atoms with Gasteiger partial charge in [0.15, 0.2) is 0 Å². The van der Waals surface area contributed by atoms with Crippen LogP contribution in [0.3, 0.4) is 0 Å². The summed E-state index contributed by atoms with van der Waals surface area (Å²) in [4.78, 5) is 11.7. The molecule has 1 aliphatic rings. The highest BCUT2D eigenvalue weighted by molar-refractivity contribution is 9.10. The minimum atomic E-state index is 0.359. The largest absolute Gasteiger partial charge is 0.340 e. The van der Waals surface area contributed by atoms with Gasteiger partial charge in [0.2, 0.25) is 0 Å². The van der Waals surface area contributed by atoms with Gasteiger partial charge in [-0.05, 0) is 60.4 Å². The maximum atomic E-state index is 4.55. The van der Waals surface area contributed by atoms with E-state index in [1.807, 2.05) is 23.5 Å². The average molecular weight is 416 g/mol. The van der Waals surface area contributed by atoms with Gasteiger partial charge in [-0.1, -0.05) is 36.7 Å². The molecule has 2 heterocycles. The van der Waals surface area contributed by atoms with Gasteiger partial charge in [0.1, 0.15) is 17.0 Å². The lowest BCUT2D eigenvalue weighted by molar-refractivity contribution is 0.218. The van der Waals surface area contributed by atoms with Gasteiger partial charge in [0.25, 0.3) is 0 Å². The van der Waals surface area contributed by atoms with Crippen molar-refractivity contribution in [2.75, 3.05) is 5.32 Å². The Labute approximate surface area is 161 Å². The molecule has 3 aromatic rings. The van der Waals surface area contributed by atoms with E-state index in [0.29, 0.717) is 5.41 Å². The molecule has 3 nitrogen and oxygen atoms in total. The van der Waals surface area contributed by atoms with Crippen LogP contribution in [0.25, 0.3) is 10.2 Å². The first-order valence-corrected chi connectivity index (χ1v) is 10.3. The van der Waals surface area contributed by atoms with E-state index in [2.05, 4.69) is 64.1 Å². The number of anilines is 2. The molecular weight excluding hydrogens is 394 g/mol. The Balaban J connectivity index is 1.73. The summed E-state index contributed by atoms with van der Waals surface area (Å²) in [5, 5.41) is 4.71. The zero-order valence-electron chi connectivity index (χ0n) is 14.8. The summed E-state index contributed by atoms with van der Waals surface area (Å²) in [6.07, 6.45) is 5.21. The van der Waals surface area contributed by atoms with Crippen LogP contribution in [-0.4, -0.2) is 9.97 Å². The van der Waals surface area contributed by atoms with Crippen LogP contribution in [0.5, 0.6) is 0 Å². The van der Waals surface area contributed by atoms with Gasteiger partial charge in [-0.3, -0.25) is 0 Å². The second kappa shape index (κ2) is 6.36. The minimum Gasteiger partial charge on any atom is -0.340 e. The van der Waals surface area contributed by atoms with Crippen molar-refractivity contribution in [2.24, 2.45) is 11.3 Å². The standard InChI is InChI=1S/C20H22BrN3S/c1-20(2,3)12-4-9-15-16(10-12)25-19-17(15)18(22-11-23-19)24-14-7-5-13(21)6-8-14/h5-8,11-12H,4,9-10H2,1-3H3,(H,22,23,24). The van der Waals surface area contributed by atoms with E-state index in [1.165, 1.54) is 22.2 Å². The fraction of sp³-hybridized carbons (Fsp3) is 0.400. The van der Waals surface area contributed by atoms with Crippen molar-refractivity contribution >= 4 is 49.0 Å². The number of fused-ring (bicyclic) bond motifs is 3. The Morgan fingerprint density at radius 1 is 1.16 bits per heavy atom. The highest BCUT2D eigenvalue weighted by Crippen LogP contribution is 2.44. The zero-order chi connectivity index (χ0) is 17.6. The van der Waals surface area contributed by atoms with Gasteiger partial charge < -0.3 is 5.32 Å². The number of hydrogen-bond donors (Lipinski definition) is 1. The zero-order valence-corrected chi connectivity index (χ0v) is 17.2. The number of aryl methyl sites for hydroxylation is 1. The molecular formula is C20H22BrN3S. The van der Waals surface area contributed by atoms with Crippen LogP contribution in [0.2, 0.25) is 0 Å². The molecule has 1 aliphatic carbocycles. The molecule has 1 atom stereocenters. The molecule has 1 unspecified atom stereocenters. The summed E-state index contributed by atoms with van der Waals surface area (Å²) in [5.41, 5.74) is 2.87. The van der Waals surface area contributed by atoms with E-state index >= 15 is 0 Å². The number of aromatic nitrogens is 2. The Kier molecular flexibility index (Phi) is 4.32. The molecule has 0 saturated carbocycles. The predicted molar refractivity (Wildman–Crippen MR) is 110 cm³/mol. The van der Waals surface area contributed by atoms with Crippen LogP contribution < -0.4 is 5.32 Å². The first kappa shape index (κ1) is 17.0. The Morgan fingerprint density at radius 2 is 1.92 bits per heavy atom. The summed E-state index contributed by atoms with van der Waals surface area (Å²) >= 11 is 5.33. The first-order chi connectivity index (χ1) is 11.9. The molecule has 0 radical (unpaired) electrons. The lowest BCUT2D eigenvalue weighted by atomic mass is 9.72. The Morgan fingerprint density at radius 3 is 2.64 bits per heavy atom. The van der Waals surface area contributed by atoms with Crippen molar-refractivity contribution in [3.8, 4) is 0 Å². The van der Waals surface area contributed by atoms with Gasteiger partial charge in [-0.15, -0.1) is 11.3 Å². The van der Waals surface area contributed by atoms with Crippen LogP contribution in [-0.2, 0) is 12.8 Å². The summed E-state index contributed by atoms with van der Waals surface area (Å²) < 4.78 is 1.08. The lowest BCUT2D eigenvalue weighted by Crippen LogP contribution is -2.26. The van der Waals surface area contributed by atoms with E-state index in [9.17, 15) is 0 Å². The molecule has 0 bridgehead atoms. The number of nitrogens with zero attached hydrogens (tertiary/aromatic N) is 2. The van der Waals surface area contributed by atoms with E-state index in [0.717, 1.165) is 39.6 Å². The lowest BCUT2D eigenvalue weighted by Gasteiger charge is -2.33. The van der Waals surface area contributed by atoms with Gasteiger partial charge in [-0.25, -0.2) is 9.97 Å². The van der Waals surface area contributed by atoms with E-state index in [4.69, 9.17) is 0 Å². The number of rotatable bonds is 2. The van der Waals surface area contributed by atoms with E-state index in [1.54, 1.807) is 6.33 Å². The fourth-order valence-electron chi connectivity index (χ4n) is 3.61. The van der Waals surface area contributed by atoms with Crippen LogP contribution >= 0.6 is 27.3 Å². The normalized spacial score (nSPS) is 17.5. The molecule has 0 spiro atoms. The van der Waals surface area contributed by atoms with Crippen LogP contribution in [0.15, 0.2) is 35.1 Å². The maximum absolute atomic E-state index is 4.55. The predicted octanol–water partition coefficient (Wildman–Crippen LogP) is 6.35. The van der Waals surface area contributed by atoms with Crippen molar-refractivity contribution in [1.82, 2.24) is 9.97 Å². The van der Waals surface area contributed by atoms with Gasteiger partial charge in [-0.2, -0.15) is 0 Å². The molecule has 0 fully saturated rings. The molecule has 5 heteroatoms. The number of hydrogen-bond acceptors (Lipinski definition) is 4. The van der Waals surface area contributed by atoms with Gasteiger partial charge in [0.05, 0.1) is 5.39 Å². The molecule has 0 aliphatic heterocycles.